The van der Waals surface area contributed by atoms with Crippen molar-refractivity contribution in [2.24, 2.45) is 5.92 Å². The van der Waals surface area contributed by atoms with Crippen LogP contribution in [0.5, 0.6) is 0 Å². The van der Waals surface area contributed by atoms with Gasteiger partial charge >= 0.3 is 6.09 Å². The van der Waals surface area contributed by atoms with Gasteiger partial charge in [-0.05, 0) is 24.8 Å². The number of aromatic nitrogens is 1. The van der Waals surface area contributed by atoms with E-state index in [2.05, 4.69) is 4.98 Å². The zero-order valence-electron chi connectivity index (χ0n) is 10.9. The highest BCUT2D eigenvalue weighted by Gasteiger charge is 2.18. The molecule has 1 aromatic rings. The van der Waals surface area contributed by atoms with Gasteiger partial charge in [-0.15, -0.1) is 11.3 Å². The summed E-state index contributed by atoms with van der Waals surface area (Å²) in [5, 5.41) is 0.973. The van der Waals surface area contributed by atoms with Gasteiger partial charge in [0.25, 0.3) is 0 Å². The largest absolute Gasteiger partial charge is 0.449 e. The Morgan fingerprint density at radius 2 is 2.26 bits per heavy atom. The maximum absolute atomic E-state index is 12.0. The topological polar surface area (TPSA) is 42.4 Å². The fourth-order valence-electron chi connectivity index (χ4n) is 2.65. The number of nitrogens with zero attached hydrogens (tertiary/aromatic N) is 2. The predicted molar refractivity (Wildman–Crippen MR) is 74.9 cm³/mol. The monoisotopic (exact) mass is 278 g/mol. The van der Waals surface area contributed by atoms with Crippen LogP contribution < -0.4 is 9.88 Å². The van der Waals surface area contributed by atoms with Crippen molar-refractivity contribution in [3.05, 3.63) is 15.4 Å². The predicted octanol–water partition coefficient (Wildman–Crippen LogP) is 1.69. The lowest BCUT2D eigenvalue weighted by molar-refractivity contribution is 0.0980. The summed E-state index contributed by atoms with van der Waals surface area (Å²) < 4.78 is 6.46. The highest BCUT2D eigenvalue weighted by atomic mass is 32.1. The molecule has 0 saturated heterocycles. The van der Waals surface area contributed by atoms with Crippen LogP contribution in [-0.2, 0) is 4.74 Å². The van der Waals surface area contributed by atoms with Crippen LogP contribution in [0.15, 0.2) is 5.51 Å². The van der Waals surface area contributed by atoms with Gasteiger partial charge in [0, 0.05) is 12.7 Å². The first-order valence-electron chi connectivity index (χ1n) is 6.88. The molecule has 1 aromatic heterocycles. The van der Waals surface area contributed by atoms with E-state index in [0.717, 1.165) is 9.88 Å². The Labute approximate surface area is 116 Å². The third-order valence-electron chi connectivity index (χ3n) is 3.78. The van der Waals surface area contributed by atoms with Crippen LogP contribution in [0, 0.1) is 5.92 Å². The zero-order valence-corrected chi connectivity index (χ0v) is 11.7. The molecule has 0 unspecified atom stereocenters. The molecule has 1 aliphatic heterocycles. The molecule has 0 aromatic carbocycles. The van der Waals surface area contributed by atoms with Gasteiger partial charge in [-0.1, -0.05) is 19.3 Å². The average molecular weight is 278 g/mol. The van der Waals surface area contributed by atoms with E-state index in [-0.39, 0.29) is 6.09 Å². The van der Waals surface area contributed by atoms with Crippen LogP contribution in [0.4, 0.5) is 4.79 Å². The van der Waals surface area contributed by atoms with Crippen molar-refractivity contribution in [1.82, 2.24) is 9.88 Å². The van der Waals surface area contributed by atoms with E-state index in [1.54, 1.807) is 21.7 Å². The Kier molecular flexibility index (Phi) is 3.82. The summed E-state index contributed by atoms with van der Waals surface area (Å²) in [7, 11) is 0. The van der Waals surface area contributed by atoms with Gasteiger partial charge in [-0.3, -0.25) is 4.90 Å². The van der Waals surface area contributed by atoms with Crippen molar-refractivity contribution in [2.75, 3.05) is 13.2 Å². The van der Waals surface area contributed by atoms with E-state index in [4.69, 9.17) is 4.74 Å². The van der Waals surface area contributed by atoms with Crippen LogP contribution in [0.25, 0.3) is 12.3 Å². The summed E-state index contributed by atoms with van der Waals surface area (Å²) in [6, 6.07) is 0. The Morgan fingerprint density at radius 1 is 1.42 bits per heavy atom. The summed E-state index contributed by atoms with van der Waals surface area (Å²) >= 11 is 1.55. The van der Waals surface area contributed by atoms with E-state index >= 15 is 0 Å². The first-order valence-corrected chi connectivity index (χ1v) is 7.76. The molecular weight excluding hydrogens is 260 g/mol. The SMILES string of the molecule is O=C(OCC1CCCCC1)N1C=c2scnc2=CC1. The molecule has 4 nitrogen and oxygen atoms in total. The van der Waals surface area contributed by atoms with Crippen molar-refractivity contribution in [1.29, 1.82) is 0 Å². The second kappa shape index (κ2) is 5.74. The number of thiazole rings is 1. The van der Waals surface area contributed by atoms with E-state index in [1.165, 1.54) is 32.1 Å². The Hall–Kier alpha value is -1.36. The Balaban J connectivity index is 1.56. The minimum absolute atomic E-state index is 0.235. The lowest BCUT2D eigenvalue weighted by atomic mass is 9.90. The standard InChI is InChI=1S/C14H18N2O2S/c17-14(18-9-11-4-2-1-3-5-11)16-7-6-12-13(8-16)19-10-15-12/h6,8,10-11H,1-5,7,9H2. The molecule has 3 rings (SSSR count). The van der Waals surface area contributed by atoms with Crippen molar-refractivity contribution >= 4 is 29.7 Å². The van der Waals surface area contributed by atoms with Gasteiger partial charge in [0.1, 0.15) is 0 Å². The second-order valence-electron chi connectivity index (χ2n) is 5.17. The quantitative estimate of drug-likeness (QED) is 0.827. The van der Waals surface area contributed by atoms with E-state index in [1.807, 2.05) is 12.3 Å². The van der Waals surface area contributed by atoms with E-state index in [0.29, 0.717) is 19.1 Å². The van der Waals surface area contributed by atoms with Crippen molar-refractivity contribution in [3.8, 4) is 0 Å². The van der Waals surface area contributed by atoms with Crippen LogP contribution >= 0.6 is 11.3 Å². The number of fused-ring (bicyclic) bond motifs is 1. The summed E-state index contributed by atoms with van der Waals surface area (Å²) in [5.41, 5.74) is 1.80. The minimum Gasteiger partial charge on any atom is -0.449 e. The van der Waals surface area contributed by atoms with Crippen molar-refractivity contribution in [3.63, 3.8) is 0 Å². The zero-order chi connectivity index (χ0) is 13.1. The molecule has 0 radical (unpaired) electrons. The molecule has 0 bridgehead atoms. The molecule has 1 saturated carbocycles. The van der Waals surface area contributed by atoms with Gasteiger partial charge in [0.15, 0.2) is 0 Å². The number of carbonyl (C=O) groups is 1. The van der Waals surface area contributed by atoms with Gasteiger partial charge in [-0.25, -0.2) is 9.78 Å². The van der Waals surface area contributed by atoms with Crippen molar-refractivity contribution < 1.29 is 9.53 Å². The molecule has 0 atom stereocenters. The van der Waals surface area contributed by atoms with Crippen LogP contribution in [0.3, 0.4) is 0 Å². The average Bonchev–Trinajstić information content (AvgIpc) is 2.93. The van der Waals surface area contributed by atoms with E-state index in [9.17, 15) is 4.79 Å². The first kappa shape index (κ1) is 12.7. The molecule has 102 valence electrons. The number of rotatable bonds is 2. The van der Waals surface area contributed by atoms with Crippen LogP contribution in [0.2, 0.25) is 0 Å². The van der Waals surface area contributed by atoms with Crippen molar-refractivity contribution in [2.45, 2.75) is 32.1 Å². The summed E-state index contributed by atoms with van der Waals surface area (Å²) in [6.45, 7) is 1.12. The first-order chi connectivity index (χ1) is 9.33. The Morgan fingerprint density at radius 3 is 3.11 bits per heavy atom. The molecule has 1 aliphatic carbocycles. The molecule has 2 aliphatic rings. The minimum atomic E-state index is -0.235. The summed E-state index contributed by atoms with van der Waals surface area (Å²) in [6.07, 6.45) is 9.84. The number of hydrogen-bond acceptors (Lipinski definition) is 4. The smallest absolute Gasteiger partial charge is 0.414 e. The van der Waals surface area contributed by atoms with Crippen LogP contribution in [0.1, 0.15) is 32.1 Å². The highest BCUT2D eigenvalue weighted by Crippen LogP contribution is 2.23. The number of ether oxygens (including phenoxy) is 1. The molecule has 2 heterocycles. The number of hydrogen-bond donors (Lipinski definition) is 0. The molecule has 19 heavy (non-hydrogen) atoms. The maximum Gasteiger partial charge on any atom is 0.414 e. The number of amides is 1. The molecular formula is C14H18N2O2S. The maximum atomic E-state index is 12.0. The molecule has 0 spiro atoms. The normalized spacial score (nSPS) is 19.3. The molecule has 0 N–H and O–H groups in total. The van der Waals surface area contributed by atoms with Gasteiger partial charge in [0.05, 0.1) is 22.0 Å². The Bertz CT molecular complexity index is 560. The van der Waals surface area contributed by atoms with E-state index < -0.39 is 0 Å². The van der Waals surface area contributed by atoms with Gasteiger partial charge in [-0.2, -0.15) is 0 Å². The van der Waals surface area contributed by atoms with Crippen LogP contribution in [-0.4, -0.2) is 29.1 Å². The molecule has 1 amide bonds. The summed E-state index contributed by atoms with van der Waals surface area (Å²) in [4.78, 5) is 17.9. The molecule has 5 heteroatoms. The third-order valence-corrected chi connectivity index (χ3v) is 4.56. The lowest BCUT2D eigenvalue weighted by Gasteiger charge is -2.23. The highest BCUT2D eigenvalue weighted by molar-refractivity contribution is 7.07. The fraction of sp³-hybridized carbons (Fsp3) is 0.571. The van der Waals surface area contributed by atoms with Gasteiger partial charge in [0.2, 0.25) is 0 Å². The second-order valence-corrected chi connectivity index (χ2v) is 6.05. The molecule has 1 fully saturated rings. The third kappa shape index (κ3) is 2.97. The fourth-order valence-corrected chi connectivity index (χ4v) is 3.37. The lowest BCUT2D eigenvalue weighted by Crippen LogP contribution is -2.37. The van der Waals surface area contributed by atoms with Gasteiger partial charge < -0.3 is 4.74 Å². The number of carbonyl (C=O) groups excluding carboxylic acids is 1. The summed E-state index contributed by atoms with van der Waals surface area (Å²) in [5.74, 6) is 0.561.